The Balaban J connectivity index is 2.24. The molecule has 1 aromatic heterocycles. The summed E-state index contributed by atoms with van der Waals surface area (Å²) < 4.78 is 31.6. The molecule has 3 rings (SSSR count). The van der Waals surface area contributed by atoms with E-state index in [4.69, 9.17) is 4.74 Å². The molecule has 0 unspecified atom stereocenters. The standard InChI is InChI=1S/C16H13NO5S/c1-22-11-6-8-12(9-7-11)23(20,21)17-10-14(16(18)19)13-4-2-3-5-15(13)17/h2-10H,1H3,(H,18,19). The fraction of sp³-hybridized carbons (Fsp3) is 0.0625. The lowest BCUT2D eigenvalue weighted by atomic mass is 10.2. The van der Waals surface area contributed by atoms with Gasteiger partial charge in [-0.1, -0.05) is 18.2 Å². The first kappa shape index (κ1) is 15.1. The zero-order valence-electron chi connectivity index (χ0n) is 12.1. The van der Waals surface area contributed by atoms with Crippen molar-refractivity contribution in [1.82, 2.24) is 3.97 Å². The number of carboxylic acids is 1. The number of hydrogen-bond acceptors (Lipinski definition) is 4. The second kappa shape index (κ2) is 5.44. The van der Waals surface area contributed by atoms with Gasteiger partial charge in [0, 0.05) is 11.6 Å². The average Bonchev–Trinajstić information content (AvgIpc) is 2.95. The number of hydrogen-bond donors (Lipinski definition) is 1. The summed E-state index contributed by atoms with van der Waals surface area (Å²) in [6, 6.07) is 12.4. The number of nitrogens with zero attached hydrogens (tertiary/aromatic N) is 1. The number of aromatic carboxylic acids is 1. The molecule has 6 nitrogen and oxygen atoms in total. The Morgan fingerprint density at radius 3 is 2.35 bits per heavy atom. The van der Waals surface area contributed by atoms with Crippen LogP contribution < -0.4 is 4.74 Å². The highest BCUT2D eigenvalue weighted by Gasteiger charge is 2.23. The maximum atomic E-state index is 12.8. The molecule has 0 saturated carbocycles. The first-order valence-corrected chi connectivity index (χ1v) is 8.12. The van der Waals surface area contributed by atoms with E-state index in [0.29, 0.717) is 16.7 Å². The molecule has 0 fully saturated rings. The Hall–Kier alpha value is -2.80. The van der Waals surface area contributed by atoms with Gasteiger partial charge in [0.2, 0.25) is 0 Å². The summed E-state index contributed by atoms with van der Waals surface area (Å²) in [7, 11) is -2.42. The molecular weight excluding hydrogens is 318 g/mol. The molecule has 0 radical (unpaired) electrons. The van der Waals surface area contributed by atoms with Gasteiger partial charge in [-0.25, -0.2) is 17.2 Å². The summed E-state index contributed by atoms with van der Waals surface area (Å²) in [4.78, 5) is 11.4. The largest absolute Gasteiger partial charge is 0.497 e. The van der Waals surface area contributed by atoms with Crippen LogP contribution in [0.25, 0.3) is 10.9 Å². The van der Waals surface area contributed by atoms with Crippen molar-refractivity contribution >= 4 is 26.9 Å². The zero-order valence-corrected chi connectivity index (χ0v) is 12.9. The van der Waals surface area contributed by atoms with Crippen LogP contribution in [0.15, 0.2) is 59.6 Å². The van der Waals surface area contributed by atoms with Crippen molar-refractivity contribution in [2.45, 2.75) is 4.90 Å². The average molecular weight is 331 g/mol. The SMILES string of the molecule is COc1ccc(S(=O)(=O)n2cc(C(=O)O)c3ccccc32)cc1. The van der Waals surface area contributed by atoms with E-state index in [2.05, 4.69) is 0 Å². The molecule has 0 spiro atoms. The molecule has 7 heteroatoms. The van der Waals surface area contributed by atoms with Crippen molar-refractivity contribution in [3.05, 3.63) is 60.3 Å². The van der Waals surface area contributed by atoms with Gasteiger partial charge in [-0.3, -0.25) is 0 Å². The molecular formula is C16H13NO5S. The van der Waals surface area contributed by atoms with Gasteiger partial charge in [-0.15, -0.1) is 0 Å². The summed E-state index contributed by atoms with van der Waals surface area (Å²) in [6.45, 7) is 0. The van der Waals surface area contributed by atoms with Crippen molar-refractivity contribution in [2.24, 2.45) is 0 Å². The van der Waals surface area contributed by atoms with E-state index in [0.717, 1.165) is 10.2 Å². The molecule has 23 heavy (non-hydrogen) atoms. The predicted octanol–water partition coefficient (Wildman–Crippen LogP) is 2.59. The highest BCUT2D eigenvalue weighted by atomic mass is 32.2. The minimum Gasteiger partial charge on any atom is -0.497 e. The summed E-state index contributed by atoms with van der Waals surface area (Å²) >= 11 is 0. The van der Waals surface area contributed by atoms with Gasteiger partial charge in [-0.2, -0.15) is 0 Å². The summed E-state index contributed by atoms with van der Waals surface area (Å²) in [5.41, 5.74) is 0.262. The zero-order chi connectivity index (χ0) is 16.6. The summed E-state index contributed by atoms with van der Waals surface area (Å²) in [5.74, 6) is -0.641. The Labute approximate surface area is 132 Å². The molecule has 0 aliphatic heterocycles. The van der Waals surface area contributed by atoms with Crippen LogP contribution in [0, 0.1) is 0 Å². The van der Waals surface area contributed by atoms with E-state index in [-0.39, 0.29) is 10.5 Å². The number of para-hydroxylation sites is 1. The van der Waals surface area contributed by atoms with Gasteiger partial charge in [0.05, 0.1) is 23.1 Å². The molecule has 2 aromatic carbocycles. The lowest BCUT2D eigenvalue weighted by Gasteiger charge is -2.08. The minimum atomic E-state index is -3.91. The molecule has 0 aliphatic carbocycles. The van der Waals surface area contributed by atoms with Crippen LogP contribution in [0.1, 0.15) is 10.4 Å². The first-order valence-electron chi connectivity index (χ1n) is 6.68. The van der Waals surface area contributed by atoms with E-state index in [9.17, 15) is 18.3 Å². The van der Waals surface area contributed by atoms with Gasteiger partial charge in [-0.05, 0) is 30.3 Å². The van der Waals surface area contributed by atoms with Crippen molar-refractivity contribution in [3.63, 3.8) is 0 Å². The van der Waals surface area contributed by atoms with Crippen LogP contribution in [0.3, 0.4) is 0 Å². The quantitative estimate of drug-likeness (QED) is 0.794. The number of methoxy groups -OCH3 is 1. The lowest BCUT2D eigenvalue weighted by molar-refractivity contribution is 0.0699. The lowest BCUT2D eigenvalue weighted by Crippen LogP contribution is -2.12. The van der Waals surface area contributed by atoms with Crippen LogP contribution in [-0.4, -0.2) is 30.6 Å². The molecule has 0 saturated heterocycles. The number of rotatable bonds is 4. The van der Waals surface area contributed by atoms with E-state index in [1.165, 1.54) is 31.4 Å². The van der Waals surface area contributed by atoms with E-state index >= 15 is 0 Å². The predicted molar refractivity (Wildman–Crippen MR) is 84.5 cm³/mol. The molecule has 3 aromatic rings. The second-order valence-corrected chi connectivity index (χ2v) is 6.66. The number of fused-ring (bicyclic) bond motifs is 1. The van der Waals surface area contributed by atoms with Gasteiger partial charge >= 0.3 is 5.97 Å². The Kier molecular flexibility index (Phi) is 3.57. The monoisotopic (exact) mass is 331 g/mol. The second-order valence-electron chi connectivity index (χ2n) is 4.84. The Morgan fingerprint density at radius 2 is 1.74 bits per heavy atom. The smallest absolute Gasteiger partial charge is 0.337 e. The van der Waals surface area contributed by atoms with Crippen LogP contribution in [0.2, 0.25) is 0 Å². The third-order valence-electron chi connectivity index (χ3n) is 3.52. The minimum absolute atomic E-state index is 0.0518. The van der Waals surface area contributed by atoms with Crippen molar-refractivity contribution < 1.29 is 23.1 Å². The molecule has 0 amide bonds. The maximum Gasteiger partial charge on any atom is 0.337 e. The molecule has 0 atom stereocenters. The van der Waals surface area contributed by atoms with E-state index in [1.54, 1.807) is 24.3 Å². The number of carboxylic acid groups (broad SMARTS) is 1. The fourth-order valence-electron chi connectivity index (χ4n) is 2.38. The van der Waals surface area contributed by atoms with E-state index < -0.39 is 16.0 Å². The van der Waals surface area contributed by atoms with Gasteiger partial charge in [0.15, 0.2) is 0 Å². The normalized spacial score (nSPS) is 11.5. The van der Waals surface area contributed by atoms with Crippen LogP contribution in [-0.2, 0) is 10.0 Å². The van der Waals surface area contributed by atoms with Crippen molar-refractivity contribution in [3.8, 4) is 5.75 Å². The molecule has 1 heterocycles. The maximum absolute atomic E-state index is 12.8. The first-order chi connectivity index (χ1) is 10.9. The van der Waals surface area contributed by atoms with Gasteiger partial charge < -0.3 is 9.84 Å². The van der Waals surface area contributed by atoms with Gasteiger partial charge in [0.25, 0.3) is 10.0 Å². The number of aromatic nitrogens is 1. The third-order valence-corrected chi connectivity index (χ3v) is 5.21. The molecule has 1 N–H and O–H groups in total. The summed E-state index contributed by atoms with van der Waals surface area (Å²) in [5, 5.41) is 9.65. The third kappa shape index (κ3) is 2.44. The fourth-order valence-corrected chi connectivity index (χ4v) is 3.75. The summed E-state index contributed by atoms with van der Waals surface area (Å²) in [6.07, 6.45) is 1.13. The highest BCUT2D eigenvalue weighted by molar-refractivity contribution is 7.90. The van der Waals surface area contributed by atoms with Crippen LogP contribution in [0.5, 0.6) is 5.75 Å². The Bertz CT molecular complexity index is 987. The topological polar surface area (TPSA) is 85.6 Å². The molecule has 0 aliphatic rings. The van der Waals surface area contributed by atoms with Crippen LogP contribution >= 0.6 is 0 Å². The van der Waals surface area contributed by atoms with Crippen molar-refractivity contribution in [1.29, 1.82) is 0 Å². The number of ether oxygens (including phenoxy) is 1. The van der Waals surface area contributed by atoms with E-state index in [1.807, 2.05) is 0 Å². The number of benzene rings is 2. The highest BCUT2D eigenvalue weighted by Crippen LogP contribution is 2.26. The van der Waals surface area contributed by atoms with Crippen LogP contribution in [0.4, 0.5) is 0 Å². The van der Waals surface area contributed by atoms with Crippen molar-refractivity contribution in [2.75, 3.05) is 7.11 Å². The molecule has 0 bridgehead atoms. The Morgan fingerprint density at radius 1 is 1.09 bits per heavy atom. The molecule has 118 valence electrons. The van der Waals surface area contributed by atoms with Gasteiger partial charge in [0.1, 0.15) is 5.75 Å². The number of carbonyl (C=O) groups is 1.